The Hall–Kier alpha value is -0.170. The van der Waals surface area contributed by atoms with Crippen LogP contribution >= 0.6 is 0 Å². The van der Waals surface area contributed by atoms with E-state index in [0.29, 0.717) is 25.4 Å². The molecule has 0 radical (unpaired) electrons. The van der Waals surface area contributed by atoms with Gasteiger partial charge < -0.3 is 4.74 Å². The van der Waals surface area contributed by atoms with Gasteiger partial charge in [-0.1, -0.05) is 0 Å². The Bertz CT molecular complexity index is 252. The predicted molar refractivity (Wildman–Crippen MR) is 52.6 cm³/mol. The molecule has 0 amide bonds. The molecule has 1 fully saturated rings. The lowest BCUT2D eigenvalue weighted by atomic mass is 10.2. The first-order valence-corrected chi connectivity index (χ1v) is 6.53. The van der Waals surface area contributed by atoms with Gasteiger partial charge in [-0.25, -0.2) is 8.42 Å². The molecule has 84 valence electrons. The molecule has 0 spiro atoms. The first-order valence-electron chi connectivity index (χ1n) is 4.71. The highest BCUT2D eigenvalue weighted by molar-refractivity contribution is 7.91. The first kappa shape index (κ1) is 11.9. The van der Waals surface area contributed by atoms with Crippen molar-refractivity contribution in [3.63, 3.8) is 0 Å². The molecule has 5 nitrogen and oxygen atoms in total. The Morgan fingerprint density at radius 2 is 2.21 bits per heavy atom. The van der Waals surface area contributed by atoms with Gasteiger partial charge in [0.2, 0.25) is 0 Å². The highest BCUT2D eigenvalue weighted by atomic mass is 32.2. The van der Waals surface area contributed by atoms with Crippen LogP contribution in [0.15, 0.2) is 0 Å². The topological polar surface area (TPSA) is 64.6 Å². The van der Waals surface area contributed by atoms with Gasteiger partial charge in [-0.05, 0) is 12.8 Å². The maximum Gasteiger partial charge on any atom is 0.151 e. The minimum atomic E-state index is -2.85. The molecule has 1 rings (SSSR count). The molecule has 1 N–H and O–H groups in total. The molecule has 0 aliphatic carbocycles. The van der Waals surface area contributed by atoms with E-state index in [1.165, 1.54) is 0 Å². The van der Waals surface area contributed by atoms with E-state index < -0.39 is 9.84 Å². The third kappa shape index (κ3) is 4.36. The Kier molecular flexibility index (Phi) is 4.80. The summed E-state index contributed by atoms with van der Waals surface area (Å²) in [6, 6.07) is -0.0643. The largest absolute Gasteiger partial charge is 0.382 e. The molecule has 0 bridgehead atoms. The smallest absolute Gasteiger partial charge is 0.151 e. The Labute approximate surface area is 84.6 Å². The van der Waals surface area contributed by atoms with Gasteiger partial charge in [0.1, 0.15) is 0 Å². The average Bonchev–Trinajstić information content (AvgIpc) is 2.11. The molecule has 1 saturated heterocycles. The summed E-state index contributed by atoms with van der Waals surface area (Å²) in [5, 5.41) is 0. The summed E-state index contributed by atoms with van der Waals surface area (Å²) >= 11 is 0. The van der Waals surface area contributed by atoms with Crippen molar-refractivity contribution in [3.05, 3.63) is 0 Å². The van der Waals surface area contributed by atoms with E-state index in [1.807, 2.05) is 0 Å². The van der Waals surface area contributed by atoms with E-state index in [-0.39, 0.29) is 11.8 Å². The summed E-state index contributed by atoms with van der Waals surface area (Å²) in [5.74, 6) is 0.489. The lowest BCUT2D eigenvalue weighted by molar-refractivity contribution is -0.0101. The number of hydrogen-bond acceptors (Lipinski definition) is 5. The Morgan fingerprint density at radius 3 is 2.86 bits per heavy atom. The van der Waals surface area contributed by atoms with Crippen LogP contribution in [0.5, 0.6) is 0 Å². The summed E-state index contributed by atoms with van der Waals surface area (Å²) < 4.78 is 27.2. The molecule has 1 heterocycles. The number of ether oxygens (including phenoxy) is 1. The number of hydrogen-bond donors (Lipinski definition) is 1. The summed E-state index contributed by atoms with van der Waals surface area (Å²) in [7, 11) is -1.26. The van der Waals surface area contributed by atoms with Crippen LogP contribution in [-0.4, -0.2) is 46.3 Å². The van der Waals surface area contributed by atoms with E-state index in [4.69, 9.17) is 9.57 Å². The molecule has 0 aromatic carbocycles. The number of hydroxylamine groups is 1. The predicted octanol–water partition coefficient (Wildman–Crippen LogP) is -0.269. The number of sulfone groups is 1. The van der Waals surface area contributed by atoms with Gasteiger partial charge in [-0.3, -0.25) is 4.84 Å². The monoisotopic (exact) mass is 223 g/mol. The van der Waals surface area contributed by atoms with Gasteiger partial charge in [0.05, 0.1) is 24.7 Å². The molecule has 1 aliphatic rings. The third-order valence-corrected chi connectivity index (χ3v) is 3.92. The Morgan fingerprint density at radius 1 is 1.43 bits per heavy atom. The van der Waals surface area contributed by atoms with Crippen molar-refractivity contribution in [2.45, 2.75) is 18.9 Å². The molecule has 0 aromatic heterocycles. The fraction of sp³-hybridized carbons (Fsp3) is 1.00. The van der Waals surface area contributed by atoms with Crippen LogP contribution in [0.2, 0.25) is 0 Å². The maximum atomic E-state index is 11.2. The SMILES string of the molecule is COCCONC1CCCS(=O)(=O)C1. The number of methoxy groups -OCH3 is 1. The second-order valence-electron chi connectivity index (χ2n) is 3.41. The van der Waals surface area contributed by atoms with Crippen molar-refractivity contribution < 1.29 is 18.0 Å². The van der Waals surface area contributed by atoms with Crippen molar-refractivity contribution >= 4 is 9.84 Å². The molecule has 0 saturated carbocycles. The third-order valence-electron chi connectivity index (χ3n) is 2.10. The van der Waals surface area contributed by atoms with Crippen LogP contribution in [0.1, 0.15) is 12.8 Å². The van der Waals surface area contributed by atoms with Crippen LogP contribution in [-0.2, 0) is 19.4 Å². The number of rotatable bonds is 5. The number of nitrogens with one attached hydrogen (secondary N) is 1. The minimum Gasteiger partial charge on any atom is -0.382 e. The fourth-order valence-corrected chi connectivity index (χ4v) is 3.04. The lowest BCUT2D eigenvalue weighted by Crippen LogP contribution is -2.40. The van der Waals surface area contributed by atoms with Gasteiger partial charge in [0, 0.05) is 13.2 Å². The van der Waals surface area contributed by atoms with E-state index in [1.54, 1.807) is 7.11 Å². The van der Waals surface area contributed by atoms with E-state index >= 15 is 0 Å². The quantitative estimate of drug-likeness (QED) is 0.513. The highest BCUT2D eigenvalue weighted by Crippen LogP contribution is 2.11. The van der Waals surface area contributed by atoms with Gasteiger partial charge in [0.25, 0.3) is 0 Å². The second kappa shape index (κ2) is 5.65. The average molecular weight is 223 g/mol. The molecular weight excluding hydrogens is 206 g/mol. The summed E-state index contributed by atoms with van der Waals surface area (Å²) in [4.78, 5) is 5.07. The molecule has 1 unspecified atom stereocenters. The van der Waals surface area contributed by atoms with Gasteiger partial charge in [-0.15, -0.1) is 0 Å². The van der Waals surface area contributed by atoms with Crippen LogP contribution in [0.3, 0.4) is 0 Å². The lowest BCUT2D eigenvalue weighted by Gasteiger charge is -2.22. The van der Waals surface area contributed by atoms with Crippen LogP contribution in [0, 0.1) is 0 Å². The van der Waals surface area contributed by atoms with Crippen LogP contribution in [0.4, 0.5) is 0 Å². The zero-order valence-corrected chi connectivity index (χ0v) is 9.18. The maximum absolute atomic E-state index is 11.2. The van der Waals surface area contributed by atoms with Crippen LogP contribution < -0.4 is 5.48 Å². The van der Waals surface area contributed by atoms with Crippen molar-refractivity contribution in [1.82, 2.24) is 5.48 Å². The molecule has 0 aromatic rings. The van der Waals surface area contributed by atoms with E-state index in [9.17, 15) is 8.42 Å². The van der Waals surface area contributed by atoms with Crippen molar-refractivity contribution in [3.8, 4) is 0 Å². The molecule has 14 heavy (non-hydrogen) atoms. The van der Waals surface area contributed by atoms with Gasteiger partial charge >= 0.3 is 0 Å². The summed E-state index contributed by atoms with van der Waals surface area (Å²) in [6.07, 6.45) is 1.57. The van der Waals surface area contributed by atoms with Crippen molar-refractivity contribution in [2.24, 2.45) is 0 Å². The van der Waals surface area contributed by atoms with E-state index in [0.717, 1.165) is 6.42 Å². The molecule has 6 heteroatoms. The standard InChI is InChI=1S/C8H17NO4S/c1-12-4-5-13-9-8-3-2-6-14(10,11)7-8/h8-9H,2-7H2,1H3. The van der Waals surface area contributed by atoms with E-state index in [2.05, 4.69) is 5.48 Å². The first-order chi connectivity index (χ1) is 6.64. The summed E-state index contributed by atoms with van der Waals surface area (Å²) in [6.45, 7) is 0.944. The molecular formula is C8H17NO4S. The molecule has 1 atom stereocenters. The zero-order valence-electron chi connectivity index (χ0n) is 8.36. The van der Waals surface area contributed by atoms with Crippen LogP contribution in [0.25, 0.3) is 0 Å². The zero-order chi connectivity index (χ0) is 10.4. The Balaban J connectivity index is 2.18. The molecule has 1 aliphatic heterocycles. The normalized spacial score (nSPS) is 26.2. The highest BCUT2D eigenvalue weighted by Gasteiger charge is 2.24. The van der Waals surface area contributed by atoms with Crippen molar-refractivity contribution in [1.29, 1.82) is 0 Å². The summed E-state index contributed by atoms with van der Waals surface area (Å²) in [5.41, 5.74) is 2.75. The second-order valence-corrected chi connectivity index (χ2v) is 5.64. The van der Waals surface area contributed by atoms with Gasteiger partial charge in [0.15, 0.2) is 9.84 Å². The minimum absolute atomic E-state index is 0.0643. The van der Waals surface area contributed by atoms with Gasteiger partial charge in [-0.2, -0.15) is 5.48 Å². The van der Waals surface area contributed by atoms with Crippen molar-refractivity contribution in [2.75, 3.05) is 31.8 Å². The fourth-order valence-electron chi connectivity index (χ4n) is 1.42.